The molecule has 1 aliphatic rings. The number of rotatable bonds is 5. The molecule has 5 heteroatoms. The van der Waals surface area contributed by atoms with E-state index in [1.54, 1.807) is 6.92 Å². The molecule has 0 aliphatic heterocycles. The zero-order chi connectivity index (χ0) is 12.0. The van der Waals surface area contributed by atoms with Gasteiger partial charge in [0.1, 0.15) is 0 Å². The van der Waals surface area contributed by atoms with E-state index < -0.39 is 9.84 Å². The van der Waals surface area contributed by atoms with Gasteiger partial charge in [-0.3, -0.25) is 0 Å². The van der Waals surface area contributed by atoms with Gasteiger partial charge in [-0.25, -0.2) is 8.42 Å². The van der Waals surface area contributed by atoms with E-state index >= 15 is 0 Å². The SMILES string of the molecule is CCS(=O)(=O)CCNC1CCCCCC1Cl. The van der Waals surface area contributed by atoms with Gasteiger partial charge in [0.15, 0.2) is 9.84 Å². The van der Waals surface area contributed by atoms with Crippen LogP contribution in [0.3, 0.4) is 0 Å². The van der Waals surface area contributed by atoms with Gasteiger partial charge in [-0.2, -0.15) is 0 Å². The number of nitrogens with one attached hydrogen (secondary N) is 1. The molecule has 96 valence electrons. The van der Waals surface area contributed by atoms with E-state index in [0.29, 0.717) is 6.54 Å². The van der Waals surface area contributed by atoms with Crippen molar-refractivity contribution in [3.05, 3.63) is 0 Å². The lowest BCUT2D eigenvalue weighted by molar-refractivity contribution is 0.477. The summed E-state index contributed by atoms with van der Waals surface area (Å²) in [5.74, 6) is 0.452. The number of halogens is 1. The summed E-state index contributed by atoms with van der Waals surface area (Å²) in [6.45, 7) is 2.22. The van der Waals surface area contributed by atoms with Crippen molar-refractivity contribution in [2.45, 2.75) is 50.4 Å². The second-order valence-corrected chi connectivity index (χ2v) is 7.48. The van der Waals surface area contributed by atoms with Crippen LogP contribution in [0, 0.1) is 0 Å². The molecule has 0 amide bonds. The molecule has 1 fully saturated rings. The first-order chi connectivity index (χ1) is 7.55. The summed E-state index contributed by atoms with van der Waals surface area (Å²) in [6.07, 6.45) is 5.75. The molecule has 0 radical (unpaired) electrons. The van der Waals surface area contributed by atoms with E-state index in [0.717, 1.165) is 12.8 Å². The average Bonchev–Trinajstić information content (AvgIpc) is 2.44. The Morgan fingerprint density at radius 1 is 1.25 bits per heavy atom. The van der Waals surface area contributed by atoms with Crippen molar-refractivity contribution in [1.29, 1.82) is 0 Å². The third kappa shape index (κ3) is 5.02. The quantitative estimate of drug-likeness (QED) is 0.612. The van der Waals surface area contributed by atoms with E-state index in [4.69, 9.17) is 11.6 Å². The van der Waals surface area contributed by atoms with Crippen LogP contribution in [-0.2, 0) is 9.84 Å². The maximum absolute atomic E-state index is 11.3. The molecule has 1 saturated carbocycles. The van der Waals surface area contributed by atoms with Crippen LogP contribution in [0.15, 0.2) is 0 Å². The minimum atomic E-state index is -2.85. The highest BCUT2D eigenvalue weighted by Crippen LogP contribution is 2.22. The highest BCUT2D eigenvalue weighted by atomic mass is 35.5. The summed E-state index contributed by atoms with van der Waals surface area (Å²) < 4.78 is 22.6. The topological polar surface area (TPSA) is 46.2 Å². The second kappa shape index (κ2) is 6.82. The largest absolute Gasteiger partial charge is 0.312 e. The van der Waals surface area contributed by atoms with Crippen LogP contribution in [0.4, 0.5) is 0 Å². The zero-order valence-electron chi connectivity index (χ0n) is 9.91. The van der Waals surface area contributed by atoms with Gasteiger partial charge in [0.05, 0.1) is 5.75 Å². The van der Waals surface area contributed by atoms with Crippen molar-refractivity contribution >= 4 is 21.4 Å². The molecular formula is C11H22ClNO2S. The Morgan fingerprint density at radius 3 is 2.62 bits per heavy atom. The fourth-order valence-corrected chi connectivity index (χ4v) is 3.12. The fourth-order valence-electron chi connectivity index (χ4n) is 2.04. The van der Waals surface area contributed by atoms with E-state index in [2.05, 4.69) is 5.32 Å². The Morgan fingerprint density at radius 2 is 1.94 bits per heavy atom. The molecule has 3 nitrogen and oxygen atoms in total. The molecule has 0 aromatic carbocycles. The molecule has 2 unspecified atom stereocenters. The highest BCUT2D eigenvalue weighted by molar-refractivity contribution is 7.91. The first-order valence-electron chi connectivity index (χ1n) is 6.13. The van der Waals surface area contributed by atoms with Crippen molar-refractivity contribution in [2.75, 3.05) is 18.1 Å². The Labute approximate surface area is 104 Å². The van der Waals surface area contributed by atoms with Crippen LogP contribution >= 0.6 is 11.6 Å². The Kier molecular flexibility index (Phi) is 6.08. The van der Waals surface area contributed by atoms with Crippen LogP contribution in [-0.4, -0.2) is 37.9 Å². The molecule has 0 saturated heterocycles. The lowest BCUT2D eigenvalue weighted by Gasteiger charge is -2.21. The maximum atomic E-state index is 11.3. The molecule has 1 rings (SSSR count). The number of hydrogen-bond donors (Lipinski definition) is 1. The van der Waals surface area contributed by atoms with Crippen molar-refractivity contribution in [1.82, 2.24) is 5.32 Å². The summed E-state index contributed by atoms with van der Waals surface area (Å²) in [6, 6.07) is 0.288. The van der Waals surface area contributed by atoms with E-state index in [-0.39, 0.29) is 22.9 Å². The Balaban J connectivity index is 2.30. The molecular weight excluding hydrogens is 246 g/mol. The smallest absolute Gasteiger partial charge is 0.151 e. The minimum absolute atomic E-state index is 0.159. The van der Waals surface area contributed by atoms with Crippen LogP contribution in [0.5, 0.6) is 0 Å². The Hall–Kier alpha value is 0.200. The molecule has 16 heavy (non-hydrogen) atoms. The van der Waals surface area contributed by atoms with E-state index in [1.165, 1.54) is 19.3 Å². The molecule has 0 heterocycles. The summed E-state index contributed by atoms with van der Waals surface area (Å²) in [4.78, 5) is 0. The van der Waals surface area contributed by atoms with Crippen molar-refractivity contribution in [3.63, 3.8) is 0 Å². The van der Waals surface area contributed by atoms with E-state index in [1.807, 2.05) is 0 Å². The summed E-state index contributed by atoms with van der Waals surface area (Å²) in [7, 11) is -2.85. The number of hydrogen-bond acceptors (Lipinski definition) is 3. The zero-order valence-corrected chi connectivity index (χ0v) is 11.5. The minimum Gasteiger partial charge on any atom is -0.312 e. The molecule has 1 N–H and O–H groups in total. The normalized spacial score (nSPS) is 27.6. The predicted molar refractivity (Wildman–Crippen MR) is 68.8 cm³/mol. The standard InChI is InChI=1S/C11H22ClNO2S/c1-2-16(14,15)9-8-13-11-7-5-3-4-6-10(11)12/h10-11,13H,2-9H2,1H3. The predicted octanol–water partition coefficient (Wildman–Crippen LogP) is 1.95. The summed E-state index contributed by atoms with van der Waals surface area (Å²) >= 11 is 6.26. The third-order valence-corrected chi connectivity index (χ3v) is 5.42. The van der Waals surface area contributed by atoms with Crippen molar-refractivity contribution in [3.8, 4) is 0 Å². The van der Waals surface area contributed by atoms with Gasteiger partial charge < -0.3 is 5.32 Å². The monoisotopic (exact) mass is 267 g/mol. The van der Waals surface area contributed by atoms with Gasteiger partial charge in [0, 0.05) is 23.7 Å². The second-order valence-electron chi connectivity index (χ2n) is 4.45. The van der Waals surface area contributed by atoms with Gasteiger partial charge in [0.25, 0.3) is 0 Å². The van der Waals surface area contributed by atoms with Gasteiger partial charge in [0.2, 0.25) is 0 Å². The molecule has 2 atom stereocenters. The number of alkyl halides is 1. The Bertz CT molecular complexity index is 292. The van der Waals surface area contributed by atoms with Gasteiger partial charge in [-0.15, -0.1) is 11.6 Å². The first kappa shape index (κ1) is 14.3. The van der Waals surface area contributed by atoms with Gasteiger partial charge in [-0.05, 0) is 12.8 Å². The molecule has 1 aliphatic carbocycles. The number of sulfone groups is 1. The average molecular weight is 268 g/mol. The third-order valence-electron chi connectivity index (χ3n) is 3.19. The molecule has 0 aromatic heterocycles. The summed E-state index contributed by atoms with van der Waals surface area (Å²) in [5, 5.41) is 3.45. The van der Waals surface area contributed by atoms with Crippen LogP contribution in [0.2, 0.25) is 0 Å². The van der Waals surface area contributed by atoms with Crippen molar-refractivity contribution < 1.29 is 8.42 Å². The van der Waals surface area contributed by atoms with Crippen LogP contribution in [0.1, 0.15) is 39.0 Å². The van der Waals surface area contributed by atoms with Crippen LogP contribution in [0.25, 0.3) is 0 Å². The van der Waals surface area contributed by atoms with Gasteiger partial charge in [-0.1, -0.05) is 26.2 Å². The fraction of sp³-hybridized carbons (Fsp3) is 1.00. The molecule has 0 spiro atoms. The first-order valence-corrected chi connectivity index (χ1v) is 8.39. The van der Waals surface area contributed by atoms with E-state index in [9.17, 15) is 8.42 Å². The van der Waals surface area contributed by atoms with Crippen molar-refractivity contribution in [2.24, 2.45) is 0 Å². The van der Waals surface area contributed by atoms with Gasteiger partial charge >= 0.3 is 0 Å². The maximum Gasteiger partial charge on any atom is 0.151 e. The lowest BCUT2D eigenvalue weighted by Crippen LogP contribution is -2.39. The van der Waals surface area contributed by atoms with Crippen LogP contribution < -0.4 is 5.32 Å². The lowest BCUT2D eigenvalue weighted by atomic mass is 10.1. The highest BCUT2D eigenvalue weighted by Gasteiger charge is 2.21. The summed E-state index contributed by atoms with van der Waals surface area (Å²) in [5.41, 5.74) is 0. The molecule has 0 bridgehead atoms. The molecule has 0 aromatic rings.